The van der Waals surface area contributed by atoms with Gasteiger partial charge in [-0.15, -0.1) is 0 Å². The minimum Gasteiger partial charge on any atom is -0.501 e. The van der Waals surface area contributed by atoms with Gasteiger partial charge in [-0.2, -0.15) is 0 Å². The van der Waals surface area contributed by atoms with Crippen LogP contribution in [-0.4, -0.2) is 14.2 Å². The van der Waals surface area contributed by atoms with Crippen molar-refractivity contribution in [3.8, 4) is 0 Å². The van der Waals surface area contributed by atoms with Gasteiger partial charge in [0.15, 0.2) is 0 Å². The van der Waals surface area contributed by atoms with Crippen LogP contribution in [0.4, 0.5) is 0 Å². The Morgan fingerprint density at radius 2 is 1.50 bits per heavy atom. The van der Waals surface area contributed by atoms with Crippen molar-refractivity contribution in [1.82, 2.24) is 0 Å². The number of hydrogen-bond donors (Lipinski definition) is 0. The average molecular weight is 246 g/mol. The van der Waals surface area contributed by atoms with Gasteiger partial charge in [0.05, 0.1) is 20.0 Å². The molecule has 0 aromatic rings. The molecule has 2 nitrogen and oxygen atoms in total. The summed E-state index contributed by atoms with van der Waals surface area (Å²) in [6, 6.07) is 0. The molecule has 0 aromatic heterocycles. The lowest BCUT2D eigenvalue weighted by atomic mass is 10.1. The maximum absolute atomic E-state index is 5.10. The zero-order valence-corrected chi connectivity index (χ0v) is 11.7. The summed E-state index contributed by atoms with van der Waals surface area (Å²) in [7, 11) is 3.26. The largest absolute Gasteiger partial charge is 0.501 e. The van der Waals surface area contributed by atoms with Crippen molar-refractivity contribution in [3.63, 3.8) is 0 Å². The van der Waals surface area contributed by atoms with Crippen LogP contribution in [0.25, 0.3) is 0 Å². The Hall–Kier alpha value is -1.96. The minimum atomic E-state index is 0.723. The van der Waals surface area contributed by atoms with Crippen molar-refractivity contribution in [1.29, 1.82) is 0 Å². The summed E-state index contributed by atoms with van der Waals surface area (Å²) in [5.74, 6) is 1.57. The van der Waals surface area contributed by atoms with Gasteiger partial charge < -0.3 is 9.47 Å². The van der Waals surface area contributed by atoms with E-state index in [1.54, 1.807) is 26.4 Å². The molecule has 18 heavy (non-hydrogen) atoms. The normalized spacial score (nSPS) is 14.2. The van der Waals surface area contributed by atoms with Crippen LogP contribution in [0.3, 0.4) is 0 Å². The van der Waals surface area contributed by atoms with Crippen LogP contribution in [0.15, 0.2) is 72.3 Å². The topological polar surface area (TPSA) is 18.5 Å². The molecule has 0 aliphatic carbocycles. The molecule has 0 saturated carbocycles. The maximum Gasteiger partial charge on any atom is 0.118 e. The third-order valence-electron chi connectivity index (χ3n) is 2.43. The fourth-order valence-corrected chi connectivity index (χ4v) is 1.16. The van der Waals surface area contributed by atoms with Gasteiger partial charge in [-0.3, -0.25) is 0 Å². The first-order valence-electron chi connectivity index (χ1n) is 5.69. The maximum atomic E-state index is 5.10. The molecule has 0 atom stereocenters. The summed E-state index contributed by atoms with van der Waals surface area (Å²) in [6.07, 6.45) is 11.2. The molecule has 2 heteroatoms. The van der Waals surface area contributed by atoms with E-state index in [4.69, 9.17) is 9.47 Å². The Morgan fingerprint density at radius 1 is 0.833 bits per heavy atom. The van der Waals surface area contributed by atoms with Gasteiger partial charge in [0, 0.05) is 0 Å². The van der Waals surface area contributed by atoms with Crippen LogP contribution in [0.5, 0.6) is 0 Å². The Balaban J connectivity index is 5.08. The molecule has 0 saturated heterocycles. The summed E-state index contributed by atoms with van der Waals surface area (Å²) in [5, 5.41) is 0. The van der Waals surface area contributed by atoms with Crippen molar-refractivity contribution in [2.75, 3.05) is 14.2 Å². The van der Waals surface area contributed by atoms with Crippen molar-refractivity contribution >= 4 is 0 Å². The molecule has 0 aliphatic heterocycles. The smallest absolute Gasteiger partial charge is 0.118 e. The van der Waals surface area contributed by atoms with Crippen molar-refractivity contribution < 1.29 is 9.47 Å². The number of methoxy groups -OCH3 is 2. The van der Waals surface area contributed by atoms with Gasteiger partial charge in [-0.1, -0.05) is 31.4 Å². The molecular weight excluding hydrogens is 224 g/mol. The van der Waals surface area contributed by atoms with E-state index >= 15 is 0 Å². The van der Waals surface area contributed by atoms with Crippen molar-refractivity contribution in [2.45, 2.75) is 13.8 Å². The Morgan fingerprint density at radius 3 is 1.94 bits per heavy atom. The lowest BCUT2D eigenvalue weighted by Gasteiger charge is -2.02. The lowest BCUT2D eigenvalue weighted by Crippen LogP contribution is -1.84. The first-order valence-corrected chi connectivity index (χ1v) is 5.69. The Labute approximate surface area is 110 Å². The third-order valence-corrected chi connectivity index (χ3v) is 2.43. The van der Waals surface area contributed by atoms with Crippen LogP contribution < -0.4 is 0 Å². The first kappa shape index (κ1) is 16.0. The van der Waals surface area contributed by atoms with Crippen LogP contribution in [0.1, 0.15) is 13.8 Å². The van der Waals surface area contributed by atoms with Gasteiger partial charge >= 0.3 is 0 Å². The number of hydrogen-bond acceptors (Lipinski definition) is 2. The van der Waals surface area contributed by atoms with Crippen LogP contribution in [0.2, 0.25) is 0 Å². The molecule has 0 N–H and O–H groups in total. The van der Waals surface area contributed by atoms with E-state index in [0.717, 1.165) is 22.7 Å². The molecule has 0 bridgehead atoms. The molecule has 0 aliphatic rings. The summed E-state index contributed by atoms with van der Waals surface area (Å²) >= 11 is 0. The van der Waals surface area contributed by atoms with E-state index in [-0.39, 0.29) is 0 Å². The van der Waals surface area contributed by atoms with Crippen LogP contribution >= 0.6 is 0 Å². The highest BCUT2D eigenvalue weighted by Gasteiger charge is 1.94. The summed E-state index contributed by atoms with van der Waals surface area (Å²) < 4.78 is 10.2. The van der Waals surface area contributed by atoms with Gasteiger partial charge in [0.1, 0.15) is 5.76 Å². The molecule has 98 valence electrons. The summed E-state index contributed by atoms with van der Waals surface area (Å²) in [6.45, 7) is 11.4. The van der Waals surface area contributed by atoms with Gasteiger partial charge in [-0.05, 0) is 43.2 Å². The molecule has 0 amide bonds. The highest BCUT2D eigenvalue weighted by atomic mass is 16.5. The average Bonchev–Trinajstić information content (AvgIpc) is 2.40. The van der Waals surface area contributed by atoms with E-state index < -0.39 is 0 Å². The number of ether oxygens (including phenoxy) is 2. The second-order valence-corrected chi connectivity index (χ2v) is 3.63. The van der Waals surface area contributed by atoms with Crippen molar-refractivity contribution in [3.05, 3.63) is 72.3 Å². The van der Waals surface area contributed by atoms with Crippen molar-refractivity contribution in [2.24, 2.45) is 0 Å². The predicted molar refractivity (Wildman–Crippen MR) is 78.1 cm³/mol. The van der Waals surface area contributed by atoms with Gasteiger partial charge in [0.2, 0.25) is 0 Å². The highest BCUT2D eigenvalue weighted by molar-refractivity contribution is 5.42. The van der Waals surface area contributed by atoms with E-state index in [2.05, 4.69) is 13.2 Å². The highest BCUT2D eigenvalue weighted by Crippen LogP contribution is 2.12. The molecule has 0 radical (unpaired) electrons. The molecular formula is C16H22O2. The van der Waals surface area contributed by atoms with E-state index in [9.17, 15) is 0 Å². The molecule has 0 aromatic carbocycles. The monoisotopic (exact) mass is 246 g/mol. The quantitative estimate of drug-likeness (QED) is 0.492. The lowest BCUT2D eigenvalue weighted by molar-refractivity contribution is 0.294. The van der Waals surface area contributed by atoms with E-state index in [0.29, 0.717) is 0 Å². The minimum absolute atomic E-state index is 0.723. The Bertz CT molecular complexity index is 407. The zero-order valence-electron chi connectivity index (χ0n) is 11.7. The number of allylic oxidation sites excluding steroid dienone is 9. The summed E-state index contributed by atoms with van der Waals surface area (Å²) in [5.41, 5.74) is 2.11. The van der Waals surface area contributed by atoms with E-state index in [1.807, 2.05) is 38.2 Å². The molecule has 0 fully saturated rings. The Kier molecular flexibility index (Phi) is 8.12. The van der Waals surface area contributed by atoms with Gasteiger partial charge in [0.25, 0.3) is 0 Å². The zero-order chi connectivity index (χ0) is 14.0. The second-order valence-electron chi connectivity index (χ2n) is 3.63. The first-order chi connectivity index (χ1) is 8.58. The fourth-order valence-electron chi connectivity index (χ4n) is 1.16. The second kappa shape index (κ2) is 9.11. The van der Waals surface area contributed by atoms with Crippen LogP contribution in [0, 0.1) is 0 Å². The fraction of sp³-hybridized carbons (Fsp3) is 0.250. The standard InChI is InChI=1S/C16H22O2/c1-7-15(11-10-14(4)17-5)13(3)9-12-16(8-2)18-6/h7-12H,1-2H2,3-6H3/b13-9+,14-10+,15-11+,16-12+. The molecule has 0 rings (SSSR count). The van der Waals surface area contributed by atoms with Crippen LogP contribution in [-0.2, 0) is 9.47 Å². The molecule has 0 spiro atoms. The number of rotatable bonds is 7. The molecule has 0 heterocycles. The summed E-state index contributed by atoms with van der Waals surface area (Å²) in [4.78, 5) is 0. The third kappa shape index (κ3) is 5.94. The SMILES string of the molecule is C=C\C(=C/C=C(C)/C(C=C)=C/C=C(\C)OC)OC. The predicted octanol–water partition coefficient (Wildman–Crippen LogP) is 4.31. The van der Waals surface area contributed by atoms with E-state index in [1.165, 1.54) is 0 Å². The molecule has 0 unspecified atom stereocenters. The van der Waals surface area contributed by atoms with Gasteiger partial charge in [-0.25, -0.2) is 0 Å².